The molecule has 1 amide bonds. The molecule has 2 rings (SSSR count). The van der Waals surface area contributed by atoms with Gasteiger partial charge in [-0.3, -0.25) is 4.79 Å². The number of carbonyl (C=O) groups excluding carboxylic acids is 1. The van der Waals surface area contributed by atoms with E-state index in [1.54, 1.807) is 0 Å². The van der Waals surface area contributed by atoms with Crippen LogP contribution in [-0.2, 0) is 17.8 Å². The van der Waals surface area contributed by atoms with Crippen molar-refractivity contribution in [2.45, 2.75) is 25.9 Å². The van der Waals surface area contributed by atoms with Gasteiger partial charge in [0.05, 0.1) is 12.5 Å². The molecule has 0 aliphatic heterocycles. The van der Waals surface area contributed by atoms with Crippen LogP contribution in [0.2, 0.25) is 0 Å². The van der Waals surface area contributed by atoms with Crippen LogP contribution in [0.1, 0.15) is 29.7 Å². The predicted octanol–water partition coefficient (Wildman–Crippen LogP) is 2.57. The fraction of sp³-hybridized carbons (Fsp3) is 0.235. The summed E-state index contributed by atoms with van der Waals surface area (Å²) in [6.45, 7) is 2.52. The number of amides is 1. The van der Waals surface area contributed by atoms with E-state index in [1.165, 1.54) is 0 Å². The Morgan fingerprint density at radius 2 is 1.65 bits per heavy atom. The van der Waals surface area contributed by atoms with Gasteiger partial charge in [0.2, 0.25) is 5.91 Å². The van der Waals surface area contributed by atoms with Gasteiger partial charge < -0.3 is 11.1 Å². The number of hydrogen-bond donors (Lipinski definition) is 2. The van der Waals surface area contributed by atoms with Gasteiger partial charge >= 0.3 is 0 Å². The average molecular weight is 268 g/mol. The van der Waals surface area contributed by atoms with Crippen LogP contribution >= 0.6 is 0 Å². The lowest BCUT2D eigenvalue weighted by atomic mass is 10.1. The van der Waals surface area contributed by atoms with Crippen molar-refractivity contribution in [2.75, 3.05) is 0 Å². The molecule has 0 radical (unpaired) electrons. The monoisotopic (exact) mass is 268 g/mol. The van der Waals surface area contributed by atoms with Crippen LogP contribution in [0.25, 0.3) is 0 Å². The summed E-state index contributed by atoms with van der Waals surface area (Å²) in [5, 5.41) is 3.01. The molecule has 0 saturated carbocycles. The molecular formula is C17H20N2O. The maximum atomic E-state index is 12.0. The smallest absolute Gasteiger partial charge is 0.224 e. The second-order valence-corrected chi connectivity index (χ2v) is 4.90. The van der Waals surface area contributed by atoms with Crippen LogP contribution in [0, 0.1) is 0 Å². The summed E-state index contributed by atoms with van der Waals surface area (Å²) in [4.78, 5) is 12.0. The van der Waals surface area contributed by atoms with E-state index in [0.717, 1.165) is 16.7 Å². The third-order valence-electron chi connectivity index (χ3n) is 3.30. The van der Waals surface area contributed by atoms with Gasteiger partial charge in [0.25, 0.3) is 0 Å². The van der Waals surface area contributed by atoms with Crippen molar-refractivity contribution >= 4 is 5.91 Å². The molecule has 0 aromatic heterocycles. The van der Waals surface area contributed by atoms with Crippen molar-refractivity contribution in [1.82, 2.24) is 5.32 Å². The highest BCUT2D eigenvalue weighted by molar-refractivity contribution is 5.79. The summed E-state index contributed by atoms with van der Waals surface area (Å²) in [5.41, 5.74) is 8.74. The lowest BCUT2D eigenvalue weighted by Gasteiger charge is -2.14. The molecule has 3 nitrogen and oxygen atoms in total. The summed E-state index contributed by atoms with van der Waals surface area (Å²) < 4.78 is 0. The number of benzene rings is 2. The second-order valence-electron chi connectivity index (χ2n) is 4.90. The molecular weight excluding hydrogens is 248 g/mol. The van der Waals surface area contributed by atoms with Gasteiger partial charge in [-0.1, -0.05) is 54.6 Å². The molecule has 0 saturated heterocycles. The molecule has 3 N–H and O–H groups in total. The first kappa shape index (κ1) is 14.3. The first-order chi connectivity index (χ1) is 9.69. The molecule has 2 aromatic carbocycles. The quantitative estimate of drug-likeness (QED) is 0.875. The Morgan fingerprint density at radius 3 is 2.25 bits per heavy atom. The number of nitrogens with two attached hydrogens (primary N) is 1. The van der Waals surface area contributed by atoms with Crippen molar-refractivity contribution in [1.29, 1.82) is 0 Å². The lowest BCUT2D eigenvalue weighted by Crippen LogP contribution is -2.28. The van der Waals surface area contributed by atoms with Crippen molar-refractivity contribution < 1.29 is 4.79 Å². The summed E-state index contributed by atoms with van der Waals surface area (Å²) >= 11 is 0. The largest absolute Gasteiger partial charge is 0.349 e. The Hall–Kier alpha value is -2.13. The molecule has 0 spiro atoms. The Bertz CT molecular complexity index is 549. The maximum Gasteiger partial charge on any atom is 0.224 e. The molecule has 2 aromatic rings. The average Bonchev–Trinajstić information content (AvgIpc) is 2.49. The highest BCUT2D eigenvalue weighted by Crippen LogP contribution is 2.12. The van der Waals surface area contributed by atoms with E-state index in [2.05, 4.69) is 5.32 Å². The van der Waals surface area contributed by atoms with Crippen molar-refractivity contribution in [3.63, 3.8) is 0 Å². The molecule has 0 bridgehead atoms. The third-order valence-corrected chi connectivity index (χ3v) is 3.30. The van der Waals surface area contributed by atoms with E-state index in [9.17, 15) is 4.79 Å². The fourth-order valence-electron chi connectivity index (χ4n) is 2.10. The van der Waals surface area contributed by atoms with Gasteiger partial charge in [-0.2, -0.15) is 0 Å². The molecule has 0 heterocycles. The molecule has 20 heavy (non-hydrogen) atoms. The summed E-state index contributed by atoms with van der Waals surface area (Å²) in [6, 6.07) is 17.8. The zero-order valence-corrected chi connectivity index (χ0v) is 11.7. The van der Waals surface area contributed by atoms with Crippen LogP contribution in [-0.4, -0.2) is 5.91 Å². The van der Waals surface area contributed by atoms with E-state index in [-0.39, 0.29) is 11.9 Å². The predicted molar refractivity (Wildman–Crippen MR) is 81.0 cm³/mol. The minimum absolute atomic E-state index is 0.0204. The van der Waals surface area contributed by atoms with E-state index in [0.29, 0.717) is 13.0 Å². The molecule has 3 heteroatoms. The standard InChI is InChI=1S/C17H20N2O/c1-13(16-5-3-2-4-6-16)19-17(20)11-14-7-9-15(12-18)10-8-14/h2-10,13H,11-12,18H2,1H3,(H,19,20). The number of carbonyl (C=O) groups is 1. The van der Waals surface area contributed by atoms with E-state index < -0.39 is 0 Å². The highest BCUT2D eigenvalue weighted by Gasteiger charge is 2.09. The van der Waals surface area contributed by atoms with Crippen molar-refractivity contribution in [2.24, 2.45) is 5.73 Å². The van der Waals surface area contributed by atoms with Gasteiger partial charge in [0.15, 0.2) is 0 Å². The second kappa shape index (κ2) is 6.87. The first-order valence-corrected chi connectivity index (χ1v) is 6.81. The minimum Gasteiger partial charge on any atom is -0.349 e. The van der Waals surface area contributed by atoms with Crippen LogP contribution in [0.15, 0.2) is 54.6 Å². The molecule has 1 atom stereocenters. The topological polar surface area (TPSA) is 55.1 Å². The Balaban J connectivity index is 1.91. The fourth-order valence-corrected chi connectivity index (χ4v) is 2.10. The molecule has 0 aliphatic rings. The van der Waals surface area contributed by atoms with Crippen LogP contribution in [0.5, 0.6) is 0 Å². The number of nitrogens with one attached hydrogen (secondary N) is 1. The van der Waals surface area contributed by atoms with Gasteiger partial charge in [0.1, 0.15) is 0 Å². The van der Waals surface area contributed by atoms with E-state index >= 15 is 0 Å². The first-order valence-electron chi connectivity index (χ1n) is 6.81. The Morgan fingerprint density at radius 1 is 1.05 bits per heavy atom. The van der Waals surface area contributed by atoms with E-state index in [4.69, 9.17) is 5.73 Å². The summed E-state index contributed by atoms with van der Waals surface area (Å²) in [6.07, 6.45) is 0.391. The maximum absolute atomic E-state index is 12.0. The zero-order valence-electron chi connectivity index (χ0n) is 11.7. The normalized spacial score (nSPS) is 11.9. The Labute approximate surface area is 119 Å². The minimum atomic E-state index is 0.0204. The zero-order chi connectivity index (χ0) is 14.4. The van der Waals surface area contributed by atoms with Crippen LogP contribution < -0.4 is 11.1 Å². The lowest BCUT2D eigenvalue weighted by molar-refractivity contribution is -0.121. The molecule has 1 unspecified atom stereocenters. The SMILES string of the molecule is CC(NC(=O)Cc1ccc(CN)cc1)c1ccccc1. The summed E-state index contributed by atoms with van der Waals surface area (Å²) in [5.74, 6) is 0.0295. The van der Waals surface area contributed by atoms with Gasteiger partial charge in [0, 0.05) is 6.54 Å². The van der Waals surface area contributed by atoms with Crippen LogP contribution in [0.4, 0.5) is 0 Å². The van der Waals surface area contributed by atoms with Crippen molar-refractivity contribution in [3.8, 4) is 0 Å². The molecule has 0 aliphatic carbocycles. The van der Waals surface area contributed by atoms with Gasteiger partial charge in [-0.15, -0.1) is 0 Å². The van der Waals surface area contributed by atoms with E-state index in [1.807, 2.05) is 61.5 Å². The number of rotatable bonds is 5. The molecule has 0 fully saturated rings. The van der Waals surface area contributed by atoms with Gasteiger partial charge in [-0.05, 0) is 23.6 Å². The summed E-state index contributed by atoms with van der Waals surface area (Å²) in [7, 11) is 0. The molecule has 104 valence electrons. The number of hydrogen-bond acceptors (Lipinski definition) is 2. The Kier molecular flexibility index (Phi) is 4.91. The third kappa shape index (κ3) is 3.93. The van der Waals surface area contributed by atoms with Gasteiger partial charge in [-0.25, -0.2) is 0 Å². The van der Waals surface area contributed by atoms with Crippen molar-refractivity contribution in [3.05, 3.63) is 71.3 Å². The van der Waals surface area contributed by atoms with Crippen LogP contribution in [0.3, 0.4) is 0 Å². The highest BCUT2D eigenvalue weighted by atomic mass is 16.1.